The molecule has 0 aliphatic carbocycles. The number of amides is 1. The first-order valence-electron chi connectivity index (χ1n) is 8.23. The predicted octanol–water partition coefficient (Wildman–Crippen LogP) is 4.93. The van der Waals surface area contributed by atoms with E-state index in [1.807, 2.05) is 45.0 Å². The first-order chi connectivity index (χ1) is 12.3. The zero-order valence-electron chi connectivity index (χ0n) is 15.3. The number of esters is 1. The Labute approximate surface area is 163 Å². The number of thioether (sulfide) groups is 1. The van der Waals surface area contributed by atoms with Crippen molar-refractivity contribution < 1.29 is 14.3 Å². The van der Waals surface area contributed by atoms with E-state index in [4.69, 9.17) is 16.3 Å². The van der Waals surface area contributed by atoms with E-state index in [9.17, 15) is 9.59 Å². The summed E-state index contributed by atoms with van der Waals surface area (Å²) in [7, 11) is 0. The molecule has 138 valence electrons. The highest BCUT2D eigenvalue weighted by atomic mass is 35.5. The SMILES string of the molecule is Cc1cc(C)c(NC(=O)COC(=O)[C@@H](C)Sc2ccc(Cl)cc2)c(C)c1. The summed E-state index contributed by atoms with van der Waals surface area (Å²) in [5.41, 5.74) is 3.86. The van der Waals surface area contributed by atoms with Crippen molar-refractivity contribution in [3.63, 3.8) is 0 Å². The summed E-state index contributed by atoms with van der Waals surface area (Å²) in [5.74, 6) is -0.783. The summed E-state index contributed by atoms with van der Waals surface area (Å²) >= 11 is 7.20. The summed E-state index contributed by atoms with van der Waals surface area (Å²) in [4.78, 5) is 25.1. The number of hydrogen-bond acceptors (Lipinski definition) is 4. The van der Waals surface area contributed by atoms with Gasteiger partial charge in [0.1, 0.15) is 5.25 Å². The second-order valence-electron chi connectivity index (χ2n) is 6.14. The van der Waals surface area contributed by atoms with Crippen LogP contribution in [0.2, 0.25) is 5.02 Å². The molecule has 2 aromatic rings. The maximum atomic E-state index is 12.1. The molecule has 4 nitrogen and oxygen atoms in total. The average molecular weight is 392 g/mol. The lowest BCUT2D eigenvalue weighted by Gasteiger charge is -2.14. The molecule has 0 fully saturated rings. The average Bonchev–Trinajstić information content (AvgIpc) is 2.57. The van der Waals surface area contributed by atoms with Crippen molar-refractivity contribution in [1.29, 1.82) is 0 Å². The van der Waals surface area contributed by atoms with Crippen LogP contribution in [0.4, 0.5) is 5.69 Å². The fourth-order valence-corrected chi connectivity index (χ4v) is 3.56. The molecule has 26 heavy (non-hydrogen) atoms. The molecule has 0 saturated carbocycles. The second-order valence-corrected chi connectivity index (χ2v) is 7.99. The highest BCUT2D eigenvalue weighted by Crippen LogP contribution is 2.25. The molecular formula is C20H22ClNO3S. The Morgan fingerprint density at radius 3 is 2.27 bits per heavy atom. The number of nitrogens with one attached hydrogen (secondary N) is 1. The van der Waals surface area contributed by atoms with Crippen molar-refractivity contribution in [1.82, 2.24) is 0 Å². The Morgan fingerprint density at radius 1 is 1.12 bits per heavy atom. The van der Waals surface area contributed by atoms with Crippen LogP contribution >= 0.6 is 23.4 Å². The van der Waals surface area contributed by atoms with Crippen LogP contribution in [0.25, 0.3) is 0 Å². The third-order valence-corrected chi connectivity index (χ3v) is 5.09. The number of rotatable bonds is 6. The first kappa shape index (κ1) is 20.3. The Bertz CT molecular complexity index is 782. The van der Waals surface area contributed by atoms with E-state index in [-0.39, 0.29) is 12.5 Å². The lowest BCUT2D eigenvalue weighted by Crippen LogP contribution is -2.25. The zero-order chi connectivity index (χ0) is 19.3. The number of benzene rings is 2. The maximum absolute atomic E-state index is 12.1. The normalized spacial score (nSPS) is 11.7. The molecule has 0 aliphatic heterocycles. The molecule has 6 heteroatoms. The highest BCUT2D eigenvalue weighted by molar-refractivity contribution is 8.00. The van der Waals surface area contributed by atoms with E-state index in [1.54, 1.807) is 19.1 Å². The van der Waals surface area contributed by atoms with E-state index < -0.39 is 11.2 Å². The number of carbonyl (C=O) groups excluding carboxylic acids is 2. The van der Waals surface area contributed by atoms with E-state index in [0.29, 0.717) is 5.02 Å². The van der Waals surface area contributed by atoms with Gasteiger partial charge < -0.3 is 10.1 Å². The number of anilines is 1. The van der Waals surface area contributed by atoms with E-state index in [2.05, 4.69) is 5.32 Å². The zero-order valence-corrected chi connectivity index (χ0v) is 16.8. The van der Waals surface area contributed by atoms with Gasteiger partial charge >= 0.3 is 5.97 Å². The minimum absolute atomic E-state index is 0.308. The molecule has 0 spiro atoms. The highest BCUT2D eigenvalue weighted by Gasteiger charge is 2.18. The Hall–Kier alpha value is -1.98. The molecule has 1 atom stereocenters. The van der Waals surface area contributed by atoms with Gasteiger partial charge in [0.15, 0.2) is 6.61 Å². The van der Waals surface area contributed by atoms with Crippen molar-refractivity contribution >= 4 is 40.9 Å². The van der Waals surface area contributed by atoms with Gasteiger partial charge in [0, 0.05) is 15.6 Å². The number of ether oxygens (including phenoxy) is 1. The summed E-state index contributed by atoms with van der Waals surface area (Å²) in [6, 6.07) is 11.2. The molecule has 2 aromatic carbocycles. The smallest absolute Gasteiger partial charge is 0.319 e. The quantitative estimate of drug-likeness (QED) is 0.560. The second kappa shape index (κ2) is 9.10. The lowest BCUT2D eigenvalue weighted by atomic mass is 10.1. The number of aryl methyl sites for hydroxylation is 3. The van der Waals surface area contributed by atoms with Crippen LogP contribution in [0, 0.1) is 20.8 Å². The van der Waals surface area contributed by atoms with Crippen molar-refractivity contribution in [3.8, 4) is 0 Å². The standard InChI is InChI=1S/C20H22ClNO3S/c1-12-9-13(2)19(14(3)10-12)22-18(23)11-25-20(24)15(4)26-17-7-5-16(21)6-8-17/h5-10,15H,11H2,1-4H3,(H,22,23)/t15-/m1/s1. The Morgan fingerprint density at radius 2 is 1.69 bits per heavy atom. The van der Waals surface area contributed by atoms with Crippen molar-refractivity contribution in [3.05, 3.63) is 58.1 Å². The molecule has 2 rings (SSSR count). The minimum Gasteiger partial charge on any atom is -0.455 e. The van der Waals surface area contributed by atoms with Crippen LogP contribution in [0.1, 0.15) is 23.6 Å². The summed E-state index contributed by atoms with van der Waals surface area (Å²) in [6.45, 7) is 7.32. The van der Waals surface area contributed by atoms with Crippen molar-refractivity contribution in [2.75, 3.05) is 11.9 Å². The fourth-order valence-electron chi connectivity index (χ4n) is 2.57. The molecule has 0 heterocycles. The third-order valence-electron chi connectivity index (χ3n) is 3.75. The van der Waals surface area contributed by atoms with Gasteiger partial charge in [-0.15, -0.1) is 11.8 Å². The lowest BCUT2D eigenvalue weighted by molar-refractivity contribution is -0.146. The van der Waals surface area contributed by atoms with E-state index in [1.165, 1.54) is 11.8 Å². The molecule has 0 bridgehead atoms. The van der Waals surface area contributed by atoms with Gasteiger partial charge in [-0.2, -0.15) is 0 Å². The monoisotopic (exact) mass is 391 g/mol. The molecule has 0 aliphatic rings. The first-order valence-corrected chi connectivity index (χ1v) is 9.48. The van der Waals surface area contributed by atoms with Crippen LogP contribution in [0.15, 0.2) is 41.3 Å². The molecule has 0 aromatic heterocycles. The van der Waals surface area contributed by atoms with Gasteiger partial charge in [-0.05, 0) is 63.1 Å². The van der Waals surface area contributed by atoms with Crippen molar-refractivity contribution in [2.24, 2.45) is 0 Å². The summed E-state index contributed by atoms with van der Waals surface area (Å²) < 4.78 is 5.14. The van der Waals surface area contributed by atoms with Gasteiger partial charge in [0.25, 0.3) is 5.91 Å². The van der Waals surface area contributed by atoms with Crippen LogP contribution in [0.5, 0.6) is 0 Å². The van der Waals surface area contributed by atoms with Gasteiger partial charge in [-0.3, -0.25) is 9.59 Å². The topological polar surface area (TPSA) is 55.4 Å². The van der Waals surface area contributed by atoms with Crippen LogP contribution in [0.3, 0.4) is 0 Å². The van der Waals surface area contributed by atoms with Crippen LogP contribution in [-0.4, -0.2) is 23.7 Å². The summed E-state index contributed by atoms with van der Waals surface area (Å²) in [6.07, 6.45) is 0. The van der Waals surface area contributed by atoms with Crippen LogP contribution in [-0.2, 0) is 14.3 Å². The third kappa shape index (κ3) is 5.78. The number of halogens is 1. The van der Waals surface area contributed by atoms with Gasteiger partial charge in [0.05, 0.1) is 0 Å². The van der Waals surface area contributed by atoms with Gasteiger partial charge in [0.2, 0.25) is 0 Å². The molecule has 1 N–H and O–H groups in total. The molecule has 1 amide bonds. The fraction of sp³-hybridized carbons (Fsp3) is 0.300. The van der Waals surface area contributed by atoms with Crippen molar-refractivity contribution in [2.45, 2.75) is 37.8 Å². The number of carbonyl (C=O) groups is 2. The number of hydrogen-bond donors (Lipinski definition) is 1. The molecule has 0 saturated heterocycles. The van der Waals surface area contributed by atoms with Crippen LogP contribution < -0.4 is 5.32 Å². The molecule has 0 radical (unpaired) electrons. The Balaban J connectivity index is 1.86. The Kier molecular flexibility index (Phi) is 7.12. The van der Waals surface area contributed by atoms with Gasteiger partial charge in [-0.1, -0.05) is 29.3 Å². The molecular weight excluding hydrogens is 370 g/mol. The molecule has 0 unspecified atom stereocenters. The van der Waals surface area contributed by atoms with E-state index >= 15 is 0 Å². The maximum Gasteiger partial charge on any atom is 0.319 e. The summed E-state index contributed by atoms with van der Waals surface area (Å²) in [5, 5.41) is 3.04. The van der Waals surface area contributed by atoms with Gasteiger partial charge in [-0.25, -0.2) is 0 Å². The minimum atomic E-state index is -0.433. The largest absolute Gasteiger partial charge is 0.455 e. The predicted molar refractivity (Wildman–Crippen MR) is 107 cm³/mol. The van der Waals surface area contributed by atoms with E-state index in [0.717, 1.165) is 27.3 Å².